The number of nitrogens with one attached hydrogen (secondary N) is 2. The second-order valence-electron chi connectivity index (χ2n) is 5.16. The molecule has 1 saturated heterocycles. The summed E-state index contributed by atoms with van der Waals surface area (Å²) in [7, 11) is 0. The molecule has 4 heteroatoms. The molecular formula is C15H18N2O2. The lowest BCUT2D eigenvalue weighted by Crippen LogP contribution is -2.38. The first-order valence-electron chi connectivity index (χ1n) is 6.70. The van der Waals surface area contributed by atoms with Gasteiger partial charge < -0.3 is 15.0 Å². The number of amides is 1. The first kappa shape index (κ1) is 12.2. The zero-order chi connectivity index (χ0) is 13.2. The molecule has 4 nitrogen and oxygen atoms in total. The van der Waals surface area contributed by atoms with Gasteiger partial charge in [0.25, 0.3) is 5.91 Å². The van der Waals surface area contributed by atoms with E-state index in [-0.39, 0.29) is 11.9 Å². The van der Waals surface area contributed by atoms with Crippen LogP contribution in [0.3, 0.4) is 0 Å². The van der Waals surface area contributed by atoms with Gasteiger partial charge in [0.2, 0.25) is 0 Å². The molecule has 2 atom stereocenters. The van der Waals surface area contributed by atoms with Crippen molar-refractivity contribution in [2.45, 2.75) is 19.4 Å². The van der Waals surface area contributed by atoms with E-state index in [9.17, 15) is 4.79 Å². The normalized spacial score (nSPS) is 20.6. The van der Waals surface area contributed by atoms with Gasteiger partial charge in [-0.05, 0) is 25.5 Å². The molecule has 19 heavy (non-hydrogen) atoms. The molecule has 1 aromatic heterocycles. The van der Waals surface area contributed by atoms with Crippen LogP contribution in [-0.2, 0) is 4.74 Å². The summed E-state index contributed by atoms with van der Waals surface area (Å²) in [5, 5.41) is 4.11. The fourth-order valence-electron chi connectivity index (χ4n) is 2.55. The lowest BCUT2D eigenvalue weighted by atomic mass is 10.0. The van der Waals surface area contributed by atoms with Gasteiger partial charge >= 0.3 is 0 Å². The molecular weight excluding hydrogens is 240 g/mol. The Kier molecular flexibility index (Phi) is 3.25. The summed E-state index contributed by atoms with van der Waals surface area (Å²) < 4.78 is 5.35. The summed E-state index contributed by atoms with van der Waals surface area (Å²) in [6.07, 6.45) is 1.02. The third-order valence-electron chi connectivity index (χ3n) is 3.81. The summed E-state index contributed by atoms with van der Waals surface area (Å²) in [5.41, 5.74) is 1.61. The van der Waals surface area contributed by atoms with Crippen LogP contribution in [0.1, 0.15) is 23.8 Å². The average molecular weight is 258 g/mol. The molecule has 2 N–H and O–H groups in total. The zero-order valence-electron chi connectivity index (χ0n) is 11.0. The van der Waals surface area contributed by atoms with Crippen LogP contribution in [0.15, 0.2) is 30.3 Å². The van der Waals surface area contributed by atoms with Crippen molar-refractivity contribution in [3.63, 3.8) is 0 Å². The van der Waals surface area contributed by atoms with E-state index >= 15 is 0 Å². The Balaban J connectivity index is 1.72. The van der Waals surface area contributed by atoms with Gasteiger partial charge in [0.05, 0.1) is 6.61 Å². The van der Waals surface area contributed by atoms with Gasteiger partial charge in [0.15, 0.2) is 0 Å². The van der Waals surface area contributed by atoms with E-state index in [0.29, 0.717) is 11.6 Å². The van der Waals surface area contributed by atoms with Crippen molar-refractivity contribution in [2.24, 2.45) is 5.92 Å². The molecule has 0 spiro atoms. The molecule has 0 aliphatic carbocycles. The van der Waals surface area contributed by atoms with Crippen molar-refractivity contribution in [1.82, 2.24) is 10.3 Å². The Labute approximate surface area is 112 Å². The Bertz CT molecular complexity index is 552. The molecule has 1 aliphatic heterocycles. The van der Waals surface area contributed by atoms with Crippen LogP contribution in [0, 0.1) is 5.92 Å². The summed E-state index contributed by atoms with van der Waals surface area (Å²) in [4.78, 5) is 15.3. The highest BCUT2D eigenvalue weighted by Crippen LogP contribution is 2.18. The molecule has 100 valence electrons. The largest absolute Gasteiger partial charge is 0.381 e. The van der Waals surface area contributed by atoms with E-state index in [1.165, 1.54) is 0 Å². The third-order valence-corrected chi connectivity index (χ3v) is 3.81. The van der Waals surface area contributed by atoms with Crippen molar-refractivity contribution in [3.8, 4) is 0 Å². The Morgan fingerprint density at radius 3 is 3.05 bits per heavy atom. The van der Waals surface area contributed by atoms with Crippen LogP contribution in [0.5, 0.6) is 0 Å². The van der Waals surface area contributed by atoms with E-state index in [0.717, 1.165) is 30.5 Å². The Morgan fingerprint density at radius 1 is 1.47 bits per heavy atom. The minimum atomic E-state index is -0.0457. The number of para-hydroxylation sites is 1. The first-order chi connectivity index (χ1) is 9.24. The molecule has 0 radical (unpaired) electrons. The number of hydrogen-bond acceptors (Lipinski definition) is 2. The van der Waals surface area contributed by atoms with Crippen molar-refractivity contribution in [2.75, 3.05) is 13.2 Å². The number of ether oxygens (including phenoxy) is 1. The molecule has 1 fully saturated rings. The predicted molar refractivity (Wildman–Crippen MR) is 74.2 cm³/mol. The average Bonchev–Trinajstić information content (AvgIpc) is 3.07. The SMILES string of the molecule is CC(NC(=O)c1cc2ccccc2[nH]1)C1CCOC1. The van der Waals surface area contributed by atoms with Crippen LogP contribution in [0.4, 0.5) is 0 Å². The van der Waals surface area contributed by atoms with Crippen LogP contribution in [0.25, 0.3) is 10.9 Å². The highest BCUT2D eigenvalue weighted by Gasteiger charge is 2.24. The number of fused-ring (bicyclic) bond motifs is 1. The van der Waals surface area contributed by atoms with E-state index in [1.54, 1.807) is 0 Å². The predicted octanol–water partition coefficient (Wildman–Crippen LogP) is 2.32. The van der Waals surface area contributed by atoms with Gasteiger partial charge in [-0.2, -0.15) is 0 Å². The third kappa shape index (κ3) is 2.49. The first-order valence-corrected chi connectivity index (χ1v) is 6.70. The molecule has 1 amide bonds. The Morgan fingerprint density at radius 2 is 2.32 bits per heavy atom. The summed E-state index contributed by atoms with van der Waals surface area (Å²) >= 11 is 0. The van der Waals surface area contributed by atoms with Gasteiger partial charge in [-0.3, -0.25) is 4.79 Å². The lowest BCUT2D eigenvalue weighted by molar-refractivity contribution is 0.0918. The molecule has 1 aliphatic rings. The molecule has 2 heterocycles. The smallest absolute Gasteiger partial charge is 0.267 e. The summed E-state index contributed by atoms with van der Waals surface area (Å²) in [6, 6.07) is 9.93. The number of rotatable bonds is 3. The summed E-state index contributed by atoms with van der Waals surface area (Å²) in [6.45, 7) is 3.59. The second-order valence-corrected chi connectivity index (χ2v) is 5.16. The fourth-order valence-corrected chi connectivity index (χ4v) is 2.55. The number of benzene rings is 1. The van der Waals surface area contributed by atoms with E-state index in [4.69, 9.17) is 4.74 Å². The van der Waals surface area contributed by atoms with Gasteiger partial charge in [-0.25, -0.2) is 0 Å². The molecule has 2 aromatic rings. The van der Waals surface area contributed by atoms with Crippen LogP contribution >= 0.6 is 0 Å². The summed E-state index contributed by atoms with van der Waals surface area (Å²) in [5.74, 6) is 0.379. The highest BCUT2D eigenvalue weighted by molar-refractivity contribution is 5.98. The maximum atomic E-state index is 12.2. The lowest BCUT2D eigenvalue weighted by Gasteiger charge is -2.18. The van der Waals surface area contributed by atoms with Crippen molar-refractivity contribution in [1.29, 1.82) is 0 Å². The number of hydrogen-bond donors (Lipinski definition) is 2. The van der Waals surface area contributed by atoms with Gasteiger partial charge in [-0.1, -0.05) is 18.2 Å². The van der Waals surface area contributed by atoms with E-state index in [1.807, 2.05) is 37.3 Å². The van der Waals surface area contributed by atoms with Crippen LogP contribution < -0.4 is 5.32 Å². The highest BCUT2D eigenvalue weighted by atomic mass is 16.5. The van der Waals surface area contributed by atoms with Crippen molar-refractivity contribution < 1.29 is 9.53 Å². The standard InChI is InChI=1S/C15H18N2O2/c1-10(12-6-7-19-9-12)16-15(18)14-8-11-4-2-3-5-13(11)17-14/h2-5,8,10,12,17H,6-7,9H2,1H3,(H,16,18). The number of aromatic nitrogens is 1. The van der Waals surface area contributed by atoms with Gasteiger partial charge in [0.1, 0.15) is 5.69 Å². The number of aromatic amines is 1. The molecule has 0 saturated carbocycles. The van der Waals surface area contributed by atoms with Crippen LogP contribution in [-0.4, -0.2) is 30.1 Å². The van der Waals surface area contributed by atoms with E-state index < -0.39 is 0 Å². The monoisotopic (exact) mass is 258 g/mol. The molecule has 0 bridgehead atoms. The zero-order valence-corrected chi connectivity index (χ0v) is 11.0. The number of H-pyrrole nitrogens is 1. The van der Waals surface area contributed by atoms with Crippen molar-refractivity contribution >= 4 is 16.8 Å². The molecule has 1 aromatic carbocycles. The minimum absolute atomic E-state index is 0.0457. The topological polar surface area (TPSA) is 54.1 Å². The maximum Gasteiger partial charge on any atom is 0.267 e. The quantitative estimate of drug-likeness (QED) is 0.887. The molecule has 2 unspecified atom stereocenters. The fraction of sp³-hybridized carbons (Fsp3) is 0.400. The van der Waals surface area contributed by atoms with E-state index in [2.05, 4.69) is 10.3 Å². The second kappa shape index (κ2) is 5.05. The number of carbonyl (C=O) groups is 1. The van der Waals surface area contributed by atoms with Crippen molar-refractivity contribution in [3.05, 3.63) is 36.0 Å². The van der Waals surface area contributed by atoms with Gasteiger partial charge in [-0.15, -0.1) is 0 Å². The Hall–Kier alpha value is -1.81. The minimum Gasteiger partial charge on any atom is -0.381 e. The number of carbonyl (C=O) groups excluding carboxylic acids is 1. The van der Waals surface area contributed by atoms with Gasteiger partial charge in [0, 0.05) is 29.5 Å². The molecule has 3 rings (SSSR count). The van der Waals surface area contributed by atoms with Crippen LogP contribution in [0.2, 0.25) is 0 Å². The maximum absolute atomic E-state index is 12.2.